The summed E-state index contributed by atoms with van der Waals surface area (Å²) in [7, 11) is -3.29. The number of benzene rings is 1. The Morgan fingerprint density at radius 1 is 1.25 bits per heavy atom. The number of piperidine rings is 1. The minimum absolute atomic E-state index is 0.00250. The lowest BCUT2D eigenvalue weighted by Gasteiger charge is -2.30. The normalized spacial score (nSPS) is 16.0. The number of rotatable bonds is 6. The number of hydrogen-bond acceptors (Lipinski definition) is 4. The van der Waals surface area contributed by atoms with Crippen LogP contribution in [0.3, 0.4) is 0 Å². The van der Waals surface area contributed by atoms with E-state index in [1.807, 2.05) is 4.90 Å². The van der Waals surface area contributed by atoms with Crippen LogP contribution in [0.2, 0.25) is 0 Å². The van der Waals surface area contributed by atoms with Crippen LogP contribution in [0.4, 0.5) is 5.69 Å². The highest BCUT2D eigenvalue weighted by Crippen LogP contribution is 2.22. The Morgan fingerprint density at radius 2 is 1.83 bits per heavy atom. The highest BCUT2D eigenvalue weighted by molar-refractivity contribution is 7.92. The first-order valence-corrected chi connectivity index (χ1v) is 10.1. The number of amides is 1. The minimum atomic E-state index is -3.29. The molecule has 0 unspecified atom stereocenters. The second-order valence-electron chi connectivity index (χ2n) is 6.27. The Kier molecular flexibility index (Phi) is 6.10. The van der Waals surface area contributed by atoms with E-state index in [0.29, 0.717) is 23.9 Å². The van der Waals surface area contributed by atoms with Crippen LogP contribution >= 0.6 is 0 Å². The summed E-state index contributed by atoms with van der Waals surface area (Å²) < 4.78 is 30.3. The van der Waals surface area contributed by atoms with Gasteiger partial charge in [0.15, 0.2) is 6.61 Å². The van der Waals surface area contributed by atoms with Crippen molar-refractivity contribution >= 4 is 21.6 Å². The maximum absolute atomic E-state index is 12.1. The van der Waals surface area contributed by atoms with E-state index in [9.17, 15) is 13.2 Å². The Balaban J connectivity index is 1.91. The van der Waals surface area contributed by atoms with Gasteiger partial charge >= 0.3 is 0 Å². The van der Waals surface area contributed by atoms with Crippen molar-refractivity contribution in [2.75, 3.05) is 36.8 Å². The molecule has 0 aliphatic carbocycles. The molecule has 1 aliphatic rings. The fraction of sp³-hybridized carbons (Fsp3) is 0.588. The molecule has 1 aromatic carbocycles. The molecule has 6 nitrogen and oxygen atoms in total. The first kappa shape index (κ1) is 18.6. The average Bonchev–Trinajstić information content (AvgIpc) is 2.54. The maximum Gasteiger partial charge on any atom is 0.260 e. The second-order valence-corrected chi connectivity index (χ2v) is 8.18. The molecule has 0 atom stereocenters. The fourth-order valence-corrected chi connectivity index (χ4v) is 3.79. The average molecular weight is 354 g/mol. The number of sulfonamides is 1. The molecule has 0 spiro atoms. The van der Waals surface area contributed by atoms with Gasteiger partial charge < -0.3 is 9.64 Å². The lowest BCUT2D eigenvalue weighted by atomic mass is 9.99. The molecule has 1 fully saturated rings. The van der Waals surface area contributed by atoms with Crippen molar-refractivity contribution < 1.29 is 17.9 Å². The van der Waals surface area contributed by atoms with Crippen molar-refractivity contribution in [3.8, 4) is 5.75 Å². The largest absolute Gasteiger partial charge is 0.484 e. The van der Waals surface area contributed by atoms with Crippen molar-refractivity contribution in [2.45, 2.75) is 26.7 Å². The third kappa shape index (κ3) is 4.87. The molecule has 0 aromatic heterocycles. The Hall–Kier alpha value is -1.76. The predicted octanol–water partition coefficient (Wildman–Crippen LogP) is 2.11. The first-order chi connectivity index (χ1) is 11.3. The molecule has 7 heteroatoms. The van der Waals surface area contributed by atoms with E-state index >= 15 is 0 Å². The van der Waals surface area contributed by atoms with Gasteiger partial charge in [-0.3, -0.25) is 9.10 Å². The molecule has 2 rings (SSSR count). The predicted molar refractivity (Wildman–Crippen MR) is 94.8 cm³/mol. The van der Waals surface area contributed by atoms with Crippen LogP contribution in [0.15, 0.2) is 24.3 Å². The van der Waals surface area contributed by atoms with Gasteiger partial charge in [0, 0.05) is 19.6 Å². The Bertz CT molecular complexity index is 650. The molecule has 1 aliphatic heterocycles. The van der Waals surface area contributed by atoms with Crippen LogP contribution in [-0.4, -0.2) is 51.7 Å². The molecule has 0 saturated carbocycles. The summed E-state index contributed by atoms with van der Waals surface area (Å²) in [4.78, 5) is 14.0. The molecule has 1 saturated heterocycles. The Morgan fingerprint density at radius 3 is 2.33 bits per heavy atom. The molecule has 1 amide bonds. The molecule has 1 heterocycles. The highest BCUT2D eigenvalue weighted by atomic mass is 32.2. The molecule has 134 valence electrons. The number of likely N-dealkylation sites (tertiary alicyclic amines) is 1. The van der Waals surface area contributed by atoms with E-state index in [1.165, 1.54) is 10.6 Å². The Labute approximate surface area is 144 Å². The topological polar surface area (TPSA) is 66.9 Å². The van der Waals surface area contributed by atoms with Crippen molar-refractivity contribution in [3.63, 3.8) is 0 Å². The van der Waals surface area contributed by atoms with E-state index in [-0.39, 0.29) is 12.5 Å². The number of ether oxygens (including phenoxy) is 1. The molecule has 1 aromatic rings. The van der Waals surface area contributed by atoms with Gasteiger partial charge in [0.05, 0.1) is 11.9 Å². The van der Waals surface area contributed by atoms with Crippen molar-refractivity contribution in [1.82, 2.24) is 4.90 Å². The molecule has 0 radical (unpaired) electrons. The van der Waals surface area contributed by atoms with E-state index in [0.717, 1.165) is 25.9 Å². The summed E-state index contributed by atoms with van der Waals surface area (Å²) >= 11 is 0. The van der Waals surface area contributed by atoms with Crippen LogP contribution < -0.4 is 9.04 Å². The minimum Gasteiger partial charge on any atom is -0.484 e. The smallest absolute Gasteiger partial charge is 0.260 e. The third-order valence-corrected chi connectivity index (χ3v) is 5.58. The second kappa shape index (κ2) is 7.88. The SMILES string of the molecule is CCN(c1ccc(OCC(=O)N2CCC(C)CC2)cc1)S(C)(=O)=O. The zero-order valence-corrected chi connectivity index (χ0v) is 15.4. The van der Waals surface area contributed by atoms with E-state index in [4.69, 9.17) is 4.74 Å². The molecule has 0 N–H and O–H groups in total. The number of hydrogen-bond donors (Lipinski definition) is 0. The number of nitrogens with zero attached hydrogens (tertiary/aromatic N) is 2. The van der Waals surface area contributed by atoms with Gasteiger partial charge in [0.2, 0.25) is 10.0 Å². The van der Waals surface area contributed by atoms with Gasteiger partial charge in [-0.05, 0) is 49.9 Å². The number of carbonyl (C=O) groups is 1. The van der Waals surface area contributed by atoms with E-state index < -0.39 is 10.0 Å². The summed E-state index contributed by atoms with van der Waals surface area (Å²) in [5.41, 5.74) is 0.587. The van der Waals surface area contributed by atoms with Crippen molar-refractivity contribution in [2.24, 2.45) is 5.92 Å². The van der Waals surface area contributed by atoms with Gasteiger partial charge in [0.25, 0.3) is 5.91 Å². The van der Waals surface area contributed by atoms with Gasteiger partial charge in [-0.25, -0.2) is 8.42 Å². The van der Waals surface area contributed by atoms with Gasteiger partial charge in [-0.2, -0.15) is 0 Å². The summed E-state index contributed by atoms with van der Waals surface area (Å²) in [6.45, 7) is 5.95. The van der Waals surface area contributed by atoms with Crippen LogP contribution in [0.1, 0.15) is 26.7 Å². The molecule has 24 heavy (non-hydrogen) atoms. The molecule has 0 bridgehead atoms. The van der Waals surface area contributed by atoms with Crippen LogP contribution in [-0.2, 0) is 14.8 Å². The summed E-state index contributed by atoms with van der Waals surface area (Å²) in [6.07, 6.45) is 3.26. The van der Waals surface area contributed by atoms with Crippen molar-refractivity contribution in [1.29, 1.82) is 0 Å². The maximum atomic E-state index is 12.1. The standard InChI is InChI=1S/C17H26N2O4S/c1-4-19(24(3,21)22)15-5-7-16(8-6-15)23-13-17(20)18-11-9-14(2)10-12-18/h5-8,14H,4,9-13H2,1-3H3. The monoisotopic (exact) mass is 354 g/mol. The van der Waals surface area contributed by atoms with Crippen molar-refractivity contribution in [3.05, 3.63) is 24.3 Å². The first-order valence-electron chi connectivity index (χ1n) is 8.29. The lowest BCUT2D eigenvalue weighted by Crippen LogP contribution is -2.40. The molecular formula is C17H26N2O4S. The molecular weight excluding hydrogens is 328 g/mol. The number of anilines is 1. The number of carbonyl (C=O) groups excluding carboxylic acids is 1. The van der Waals surface area contributed by atoms with Gasteiger partial charge in [-0.15, -0.1) is 0 Å². The summed E-state index contributed by atoms with van der Waals surface area (Å²) in [6, 6.07) is 6.75. The van der Waals surface area contributed by atoms with Crippen LogP contribution in [0.25, 0.3) is 0 Å². The lowest BCUT2D eigenvalue weighted by molar-refractivity contribution is -0.134. The van der Waals surface area contributed by atoms with Crippen LogP contribution in [0, 0.1) is 5.92 Å². The van der Waals surface area contributed by atoms with E-state index in [2.05, 4.69) is 6.92 Å². The summed E-state index contributed by atoms with van der Waals surface area (Å²) in [5, 5.41) is 0. The van der Waals surface area contributed by atoms with Gasteiger partial charge in [0.1, 0.15) is 5.75 Å². The zero-order chi connectivity index (χ0) is 17.7. The quantitative estimate of drug-likeness (QED) is 0.785. The highest BCUT2D eigenvalue weighted by Gasteiger charge is 2.20. The van der Waals surface area contributed by atoms with Crippen LogP contribution in [0.5, 0.6) is 5.75 Å². The fourth-order valence-electron chi connectivity index (χ4n) is 2.81. The zero-order valence-electron chi connectivity index (χ0n) is 14.6. The third-order valence-electron chi connectivity index (χ3n) is 4.31. The van der Waals surface area contributed by atoms with E-state index in [1.54, 1.807) is 31.2 Å². The summed E-state index contributed by atoms with van der Waals surface area (Å²) in [5.74, 6) is 1.23. The van der Waals surface area contributed by atoms with Gasteiger partial charge in [-0.1, -0.05) is 6.92 Å².